The van der Waals surface area contributed by atoms with Crippen LogP contribution in [0.1, 0.15) is 133 Å². The first kappa shape index (κ1) is 48.2. The van der Waals surface area contributed by atoms with Crippen LogP contribution in [0.2, 0.25) is 0 Å². The lowest BCUT2D eigenvalue weighted by atomic mass is 9.61. The molecule has 10 atom stereocenters. The fourth-order valence-corrected chi connectivity index (χ4v) is 11.0. The van der Waals surface area contributed by atoms with Gasteiger partial charge in [0.1, 0.15) is 48.0 Å². The molecule has 0 saturated carbocycles. The van der Waals surface area contributed by atoms with Gasteiger partial charge in [0.05, 0.1) is 13.1 Å². The van der Waals surface area contributed by atoms with E-state index in [1.54, 1.807) is 0 Å². The number of piperidine rings is 2. The van der Waals surface area contributed by atoms with Gasteiger partial charge >= 0.3 is 12.1 Å². The molecule has 4 aliphatic heterocycles. The topological polar surface area (TPSA) is 182 Å². The third kappa shape index (κ3) is 8.69. The average molecular weight is 875 g/mol. The number of carbonyl (C=O) groups is 4. The van der Waals surface area contributed by atoms with Gasteiger partial charge in [-0.3, -0.25) is 19.4 Å². The van der Waals surface area contributed by atoms with Crippen LogP contribution in [0.5, 0.6) is 11.5 Å². The van der Waals surface area contributed by atoms with E-state index < -0.39 is 40.8 Å². The quantitative estimate of drug-likeness (QED) is 0.109. The number of benzene rings is 2. The van der Waals surface area contributed by atoms with Crippen molar-refractivity contribution in [2.24, 2.45) is 11.8 Å². The number of imide groups is 2. The zero-order valence-electron chi connectivity index (χ0n) is 39.7. The van der Waals surface area contributed by atoms with Crippen LogP contribution in [0.15, 0.2) is 48.5 Å². The van der Waals surface area contributed by atoms with Crippen molar-refractivity contribution in [3.63, 3.8) is 0 Å². The van der Waals surface area contributed by atoms with Gasteiger partial charge in [-0.1, -0.05) is 79.7 Å². The molecule has 6 amide bonds. The lowest BCUT2D eigenvalue weighted by Crippen LogP contribution is -2.74. The molecule has 4 aliphatic rings. The highest BCUT2D eigenvalue weighted by Crippen LogP contribution is 2.48. The summed E-state index contributed by atoms with van der Waals surface area (Å²) in [5.74, 6) is 0.151. The monoisotopic (exact) mass is 875 g/mol. The van der Waals surface area contributed by atoms with E-state index in [-0.39, 0.29) is 72.1 Å². The Kier molecular flexibility index (Phi) is 13.2. The number of carbonyl (C=O) groups excluding carboxylic acids is 4. The maximum Gasteiger partial charge on any atom is 0.325 e. The molecule has 6 rings (SSSR count). The molecule has 0 aromatic heterocycles. The van der Waals surface area contributed by atoms with Crippen LogP contribution >= 0.6 is 0 Å². The standard InChI is InChI=1S/C49H74N6O8/c1-13-44(9)29-48(31(5)46(11,15-3)52-44)39(58)54(41(60)50-48)25-35(56)27-62-37-21-17-33(18-22-37)43(7,8)34-19-23-38(24-20-34)63-28-36(57)26-55-40(59)49(51-42(55)61)30-45(10,14-2)53-47(12,16-4)32(49)6/h17-24,31-32,35-36,52-53,56-57H,13-16,25-30H2,1-12H3,(H,50,60)(H,51,61). The summed E-state index contributed by atoms with van der Waals surface area (Å²) in [4.78, 5) is 57.0. The fraction of sp³-hybridized carbons (Fsp3) is 0.673. The predicted octanol–water partition coefficient (Wildman–Crippen LogP) is 6.01. The van der Waals surface area contributed by atoms with Gasteiger partial charge in [0, 0.05) is 39.4 Å². The van der Waals surface area contributed by atoms with E-state index in [1.807, 2.05) is 62.4 Å². The number of aliphatic hydroxyl groups excluding tert-OH is 2. The minimum absolute atomic E-state index is 0.102. The van der Waals surface area contributed by atoms with Crippen molar-refractivity contribution in [1.82, 2.24) is 31.1 Å². The Morgan fingerprint density at radius 3 is 1.25 bits per heavy atom. The van der Waals surface area contributed by atoms with Crippen molar-refractivity contribution in [3.8, 4) is 11.5 Å². The summed E-state index contributed by atoms with van der Waals surface area (Å²) < 4.78 is 11.9. The van der Waals surface area contributed by atoms with E-state index in [0.29, 0.717) is 24.3 Å². The number of amides is 6. The number of nitrogens with zero attached hydrogens (tertiary/aromatic N) is 2. The maximum atomic E-state index is 14.0. The molecule has 4 heterocycles. The second-order valence-corrected chi connectivity index (χ2v) is 20.7. The van der Waals surface area contributed by atoms with E-state index in [9.17, 15) is 29.4 Å². The van der Waals surface area contributed by atoms with E-state index >= 15 is 0 Å². The first-order valence-electron chi connectivity index (χ1n) is 23.1. The van der Waals surface area contributed by atoms with Crippen LogP contribution in [0, 0.1) is 11.8 Å². The Balaban J connectivity index is 1.01. The van der Waals surface area contributed by atoms with Gasteiger partial charge in [0.15, 0.2) is 0 Å². The number of hydrogen-bond acceptors (Lipinski definition) is 10. The third-order valence-corrected chi connectivity index (χ3v) is 16.2. The number of ether oxygens (including phenoxy) is 2. The minimum atomic E-state index is -1.09. The van der Waals surface area contributed by atoms with E-state index in [1.165, 1.54) is 0 Å². The Morgan fingerprint density at radius 2 is 0.952 bits per heavy atom. The maximum absolute atomic E-state index is 14.0. The highest BCUT2D eigenvalue weighted by atomic mass is 16.5. The number of aliphatic hydroxyl groups is 2. The molecule has 14 nitrogen and oxygen atoms in total. The molecule has 2 aromatic rings. The van der Waals surface area contributed by atoms with Gasteiger partial charge < -0.3 is 41.0 Å². The Bertz CT molecular complexity index is 1890. The lowest BCUT2D eigenvalue weighted by molar-refractivity contribution is -0.140. The zero-order chi connectivity index (χ0) is 46.6. The van der Waals surface area contributed by atoms with Crippen LogP contribution in [0.4, 0.5) is 9.59 Å². The van der Waals surface area contributed by atoms with Crippen LogP contribution in [-0.4, -0.2) is 116 Å². The first-order valence-corrected chi connectivity index (χ1v) is 23.1. The molecule has 2 spiro atoms. The van der Waals surface area contributed by atoms with Gasteiger partial charge in [-0.15, -0.1) is 0 Å². The van der Waals surface area contributed by atoms with Crippen LogP contribution < -0.4 is 30.7 Å². The predicted molar refractivity (Wildman–Crippen MR) is 243 cm³/mol. The second-order valence-electron chi connectivity index (χ2n) is 20.7. The van der Waals surface area contributed by atoms with Gasteiger partial charge in [-0.2, -0.15) is 0 Å². The molecule has 63 heavy (non-hydrogen) atoms. The Morgan fingerprint density at radius 1 is 0.619 bits per heavy atom. The lowest BCUT2D eigenvalue weighted by Gasteiger charge is -2.56. The zero-order valence-corrected chi connectivity index (χ0v) is 39.7. The van der Waals surface area contributed by atoms with Crippen molar-refractivity contribution in [3.05, 3.63) is 59.7 Å². The summed E-state index contributed by atoms with van der Waals surface area (Å²) in [5, 5.41) is 35.7. The van der Waals surface area contributed by atoms with Crippen molar-refractivity contribution in [2.75, 3.05) is 26.3 Å². The van der Waals surface area contributed by atoms with Gasteiger partial charge in [0.2, 0.25) is 0 Å². The molecule has 4 fully saturated rings. The normalized spacial score (nSPS) is 34.4. The molecule has 348 valence electrons. The van der Waals surface area contributed by atoms with Crippen LogP contribution in [-0.2, 0) is 15.0 Å². The third-order valence-electron chi connectivity index (χ3n) is 16.2. The Hall–Kier alpha value is -4.24. The molecule has 14 heteroatoms. The molecular weight excluding hydrogens is 801 g/mol. The summed E-state index contributed by atoms with van der Waals surface area (Å²) in [7, 11) is 0. The average Bonchev–Trinajstić information content (AvgIpc) is 3.62. The van der Waals surface area contributed by atoms with Gasteiger partial charge in [-0.25, -0.2) is 9.59 Å². The fourth-order valence-electron chi connectivity index (χ4n) is 11.0. The number of urea groups is 2. The number of rotatable bonds is 16. The molecule has 0 bridgehead atoms. The van der Waals surface area contributed by atoms with Gasteiger partial charge in [0.25, 0.3) is 11.8 Å². The largest absolute Gasteiger partial charge is 0.491 e. The SMILES string of the molecule is CCC1(C)CC2(NC(=O)N(CC(O)COc3ccc(C(C)(C)c4ccc(OCC(O)CN5C(=O)NC6(CC(C)(CC)NC(C)(CC)C6C)C5=O)cc4)cc3)C2=O)C(C)C(C)(CC)N1. The summed E-state index contributed by atoms with van der Waals surface area (Å²) in [6.45, 7) is 24.5. The molecule has 10 unspecified atom stereocenters. The Labute approximate surface area is 374 Å². The van der Waals surface area contributed by atoms with E-state index in [0.717, 1.165) is 46.6 Å². The highest BCUT2D eigenvalue weighted by Gasteiger charge is 2.65. The summed E-state index contributed by atoms with van der Waals surface area (Å²) >= 11 is 0. The molecule has 0 aliphatic carbocycles. The van der Waals surface area contributed by atoms with Crippen molar-refractivity contribution in [1.29, 1.82) is 0 Å². The smallest absolute Gasteiger partial charge is 0.325 e. The number of β-amino-alcohol motifs (C(OH)–C–C–N with tert-alkyl or cyclic N) is 2. The van der Waals surface area contributed by atoms with Crippen molar-refractivity contribution >= 4 is 23.9 Å². The van der Waals surface area contributed by atoms with Gasteiger partial charge in [-0.05, 0) is 102 Å². The summed E-state index contributed by atoms with van der Waals surface area (Å²) in [6, 6.07) is 14.2. The molecule has 0 radical (unpaired) electrons. The molecule has 4 saturated heterocycles. The minimum Gasteiger partial charge on any atom is -0.491 e. The van der Waals surface area contributed by atoms with Crippen molar-refractivity contribution in [2.45, 2.75) is 172 Å². The summed E-state index contributed by atoms with van der Waals surface area (Å²) in [6.07, 6.45) is 1.93. The summed E-state index contributed by atoms with van der Waals surface area (Å²) in [5.41, 5.74) is -1.88. The van der Waals surface area contributed by atoms with E-state index in [4.69, 9.17) is 9.47 Å². The second kappa shape index (κ2) is 17.3. The number of nitrogens with one attached hydrogen (secondary N) is 4. The molecule has 2 aromatic carbocycles. The molecular formula is C49H74N6O8. The van der Waals surface area contributed by atoms with E-state index in [2.05, 4.69) is 90.5 Å². The highest BCUT2D eigenvalue weighted by molar-refractivity contribution is 6.08. The first-order chi connectivity index (χ1) is 29.4. The van der Waals surface area contributed by atoms with Crippen molar-refractivity contribution < 1.29 is 38.9 Å². The van der Waals surface area contributed by atoms with Crippen LogP contribution in [0.25, 0.3) is 0 Å². The van der Waals surface area contributed by atoms with Crippen LogP contribution in [0.3, 0.4) is 0 Å². The number of hydrogen-bond donors (Lipinski definition) is 6. The molecule has 6 N–H and O–H groups in total.